The largest absolute Gasteiger partial charge is 0.352 e. The number of hydrogen-bond acceptors (Lipinski definition) is 2. The number of hydrogen-bond donors (Lipinski definition) is 2. The summed E-state index contributed by atoms with van der Waals surface area (Å²) in [6.07, 6.45) is 5.09. The number of halogens is 1. The van der Waals surface area contributed by atoms with E-state index < -0.39 is 12.1 Å². The molecule has 64 valence electrons. The maximum Gasteiger partial charge on any atom is 0.312 e. The Morgan fingerprint density at radius 2 is 2.42 bits per heavy atom. The fraction of sp³-hybridized carbons (Fsp3) is 0.143. The van der Waals surface area contributed by atoms with Crippen LogP contribution in [0.1, 0.15) is 0 Å². The maximum atomic E-state index is 10.5. The van der Waals surface area contributed by atoms with Gasteiger partial charge in [-0.3, -0.25) is 0 Å². The second kappa shape index (κ2) is 3.69. The Kier molecular flexibility index (Phi) is 2.83. The number of primary amides is 1. The van der Waals surface area contributed by atoms with E-state index in [-0.39, 0.29) is 0 Å². The third kappa shape index (κ3) is 2.06. The van der Waals surface area contributed by atoms with E-state index in [1.807, 2.05) is 0 Å². The fourth-order valence-corrected chi connectivity index (χ4v) is 1.42. The van der Waals surface area contributed by atoms with Gasteiger partial charge in [-0.25, -0.2) is 4.79 Å². The van der Waals surface area contributed by atoms with Gasteiger partial charge in [0.1, 0.15) is 6.04 Å². The highest BCUT2D eigenvalue weighted by molar-refractivity contribution is 7.81. The molecule has 1 atom stereocenters. The first kappa shape index (κ1) is 9.22. The lowest BCUT2D eigenvalue weighted by Gasteiger charge is -2.17. The highest BCUT2D eigenvalue weighted by Gasteiger charge is 2.19. The van der Waals surface area contributed by atoms with Gasteiger partial charge in [0, 0.05) is 9.90 Å². The Balaban J connectivity index is 2.75. The molecule has 5 heteroatoms. The molecule has 3 N–H and O–H groups in total. The molecule has 0 aliphatic heterocycles. The fourth-order valence-electron chi connectivity index (χ4n) is 0.846. The Morgan fingerprint density at radius 1 is 1.75 bits per heavy atom. The molecule has 0 aromatic carbocycles. The first-order valence-corrected chi connectivity index (χ1v) is 4.03. The van der Waals surface area contributed by atoms with Crippen molar-refractivity contribution in [1.82, 2.24) is 5.32 Å². The van der Waals surface area contributed by atoms with Crippen LogP contribution in [0.3, 0.4) is 0 Å². The summed E-state index contributed by atoms with van der Waals surface area (Å²) >= 11 is 10.7. The van der Waals surface area contributed by atoms with Gasteiger partial charge in [-0.1, -0.05) is 29.9 Å². The van der Waals surface area contributed by atoms with Gasteiger partial charge < -0.3 is 11.1 Å². The van der Waals surface area contributed by atoms with Crippen LogP contribution in [0.15, 0.2) is 23.3 Å². The molecule has 1 aliphatic carbocycles. The highest BCUT2D eigenvalue weighted by atomic mass is 35.5. The summed E-state index contributed by atoms with van der Waals surface area (Å²) in [5.74, 6) is 0. The Morgan fingerprint density at radius 3 is 2.92 bits per heavy atom. The maximum absolute atomic E-state index is 10.5. The summed E-state index contributed by atoms with van der Waals surface area (Å²) in [5.41, 5.74) is 4.93. The number of rotatable bonds is 1. The number of nitrogens with two attached hydrogens (primary N) is 1. The summed E-state index contributed by atoms with van der Waals surface area (Å²) in [5, 5.41) is 2.90. The van der Waals surface area contributed by atoms with Gasteiger partial charge in [-0.15, -0.1) is 0 Å². The molecule has 0 aromatic heterocycles. The van der Waals surface area contributed by atoms with Crippen molar-refractivity contribution in [3.8, 4) is 0 Å². The van der Waals surface area contributed by atoms with Crippen LogP contribution in [-0.2, 0) is 0 Å². The van der Waals surface area contributed by atoms with Crippen LogP contribution >= 0.6 is 23.8 Å². The predicted molar refractivity (Wildman–Crippen MR) is 52.2 cm³/mol. The van der Waals surface area contributed by atoms with Crippen molar-refractivity contribution < 1.29 is 4.79 Å². The zero-order valence-electron chi connectivity index (χ0n) is 6.08. The van der Waals surface area contributed by atoms with Crippen LogP contribution in [0.5, 0.6) is 0 Å². The van der Waals surface area contributed by atoms with E-state index in [4.69, 9.17) is 29.6 Å². The predicted octanol–water partition coefficient (Wildman–Crippen LogP) is 1.09. The molecule has 12 heavy (non-hydrogen) atoms. The Hall–Kier alpha value is -0.870. The number of thiocarbonyl (C=S) groups is 1. The molecule has 2 amide bonds. The Bertz CT molecular complexity index is 285. The van der Waals surface area contributed by atoms with Crippen LogP contribution in [0, 0.1) is 0 Å². The van der Waals surface area contributed by atoms with Crippen molar-refractivity contribution in [3.63, 3.8) is 0 Å². The van der Waals surface area contributed by atoms with E-state index >= 15 is 0 Å². The average Bonchev–Trinajstić information content (AvgIpc) is 1.97. The van der Waals surface area contributed by atoms with Crippen LogP contribution in [0.25, 0.3) is 0 Å². The summed E-state index contributed by atoms with van der Waals surface area (Å²) in [7, 11) is 0. The van der Waals surface area contributed by atoms with Gasteiger partial charge in [-0.05, 0) is 12.2 Å². The third-order valence-corrected chi connectivity index (χ3v) is 2.08. The molecular weight excluding hydrogens is 196 g/mol. The summed E-state index contributed by atoms with van der Waals surface area (Å²) in [4.78, 5) is 11.1. The molecule has 0 saturated carbocycles. The van der Waals surface area contributed by atoms with E-state index in [2.05, 4.69) is 5.32 Å². The quantitative estimate of drug-likeness (QED) is 0.626. The van der Waals surface area contributed by atoms with Gasteiger partial charge in [0.05, 0.1) is 0 Å². The summed E-state index contributed by atoms with van der Waals surface area (Å²) in [6, 6.07) is -1.08. The SMILES string of the molecule is NC(=O)NC1C(=S)C=CC=C1Cl. The minimum atomic E-state index is -0.635. The molecule has 1 aliphatic rings. The summed E-state index contributed by atoms with van der Waals surface area (Å²) in [6.45, 7) is 0. The van der Waals surface area contributed by atoms with Crippen molar-refractivity contribution in [3.05, 3.63) is 23.3 Å². The van der Waals surface area contributed by atoms with Crippen LogP contribution in [0.2, 0.25) is 0 Å². The van der Waals surface area contributed by atoms with Crippen molar-refractivity contribution in [2.75, 3.05) is 0 Å². The summed E-state index contributed by atoms with van der Waals surface area (Å²) < 4.78 is 0. The monoisotopic (exact) mass is 202 g/mol. The van der Waals surface area contributed by atoms with E-state index in [9.17, 15) is 4.79 Å². The molecule has 0 saturated heterocycles. The second-order valence-corrected chi connectivity index (χ2v) is 3.16. The molecule has 0 bridgehead atoms. The molecule has 1 unspecified atom stereocenters. The number of carbonyl (C=O) groups excluding carboxylic acids is 1. The minimum Gasteiger partial charge on any atom is -0.352 e. The number of nitrogens with one attached hydrogen (secondary N) is 1. The van der Waals surface area contributed by atoms with Gasteiger partial charge in [0.2, 0.25) is 0 Å². The van der Waals surface area contributed by atoms with E-state index in [1.54, 1.807) is 18.2 Å². The normalized spacial score (nSPS) is 21.9. The highest BCUT2D eigenvalue weighted by Crippen LogP contribution is 2.14. The lowest BCUT2D eigenvalue weighted by molar-refractivity contribution is 0.248. The van der Waals surface area contributed by atoms with Crippen LogP contribution in [0.4, 0.5) is 4.79 Å². The molecule has 1 rings (SSSR count). The number of allylic oxidation sites excluding steroid dienone is 2. The van der Waals surface area contributed by atoms with Gasteiger partial charge in [0.25, 0.3) is 0 Å². The number of amides is 2. The second-order valence-electron chi connectivity index (χ2n) is 2.25. The topological polar surface area (TPSA) is 55.1 Å². The molecule has 0 heterocycles. The lowest BCUT2D eigenvalue weighted by Crippen LogP contribution is -2.43. The van der Waals surface area contributed by atoms with Crippen molar-refractivity contribution in [2.24, 2.45) is 5.73 Å². The van der Waals surface area contributed by atoms with Crippen LogP contribution in [-0.4, -0.2) is 16.9 Å². The van der Waals surface area contributed by atoms with Crippen molar-refractivity contribution in [1.29, 1.82) is 0 Å². The molecular formula is C7H7ClN2OS. The molecule has 0 radical (unpaired) electrons. The van der Waals surface area contributed by atoms with Gasteiger partial charge in [-0.2, -0.15) is 0 Å². The molecule has 0 spiro atoms. The number of urea groups is 1. The van der Waals surface area contributed by atoms with Crippen molar-refractivity contribution in [2.45, 2.75) is 6.04 Å². The van der Waals surface area contributed by atoms with E-state index in [0.717, 1.165) is 0 Å². The molecule has 0 aromatic rings. The van der Waals surface area contributed by atoms with Crippen LogP contribution < -0.4 is 11.1 Å². The third-order valence-electron chi connectivity index (χ3n) is 1.36. The lowest BCUT2D eigenvalue weighted by atomic mass is 10.1. The Labute approximate surface area is 80.3 Å². The number of carbonyl (C=O) groups is 1. The standard InChI is InChI=1S/C7H7ClN2OS/c8-4-2-1-3-5(12)6(4)10-7(9)11/h1-3,6H,(H3,9,10,11). The van der Waals surface area contributed by atoms with Gasteiger partial charge >= 0.3 is 6.03 Å². The van der Waals surface area contributed by atoms with Crippen molar-refractivity contribution >= 4 is 34.7 Å². The average molecular weight is 203 g/mol. The first-order chi connectivity index (χ1) is 5.61. The molecule has 0 fully saturated rings. The molecule has 3 nitrogen and oxygen atoms in total. The van der Waals surface area contributed by atoms with E-state index in [1.165, 1.54) is 0 Å². The first-order valence-electron chi connectivity index (χ1n) is 3.25. The van der Waals surface area contributed by atoms with Gasteiger partial charge in [0.15, 0.2) is 0 Å². The zero-order valence-corrected chi connectivity index (χ0v) is 7.65. The minimum absolute atomic E-state index is 0.441. The smallest absolute Gasteiger partial charge is 0.312 e. The zero-order chi connectivity index (χ0) is 9.14. The van der Waals surface area contributed by atoms with E-state index in [0.29, 0.717) is 9.90 Å².